The molecule has 0 radical (unpaired) electrons. The molecule has 0 aliphatic carbocycles. The van der Waals surface area contributed by atoms with E-state index in [1.807, 2.05) is 0 Å². The lowest BCUT2D eigenvalue weighted by Crippen LogP contribution is -2.01. The summed E-state index contributed by atoms with van der Waals surface area (Å²) in [4.78, 5) is 8.41. The highest BCUT2D eigenvalue weighted by Gasteiger charge is 2.11. The zero-order valence-electron chi connectivity index (χ0n) is 8.37. The molecule has 2 aromatic heterocycles. The van der Waals surface area contributed by atoms with Crippen LogP contribution in [0, 0.1) is 0 Å². The highest BCUT2D eigenvalue weighted by molar-refractivity contribution is 6.34. The predicted octanol–water partition coefficient (Wildman–Crippen LogP) is 3.23. The molecule has 0 N–H and O–H groups in total. The molecule has 0 amide bonds. The molecule has 3 nitrogen and oxygen atoms in total. The van der Waals surface area contributed by atoms with E-state index in [0.29, 0.717) is 10.9 Å². The Kier molecular flexibility index (Phi) is 3.12. The van der Waals surface area contributed by atoms with E-state index in [1.54, 1.807) is 12.4 Å². The molecule has 0 fully saturated rings. The van der Waals surface area contributed by atoms with Crippen molar-refractivity contribution in [3.05, 3.63) is 23.2 Å². The molecule has 2 heterocycles. The molecule has 2 rings (SSSR count). The van der Waals surface area contributed by atoms with Crippen LogP contribution in [0.1, 0.15) is 19.2 Å². The summed E-state index contributed by atoms with van der Waals surface area (Å²) in [5, 5.41) is 0.629. The van der Waals surface area contributed by atoms with Crippen LogP contribution in [-0.4, -0.2) is 14.5 Å². The SMILES string of the molecule is CCCn1c(CCl)nc2cncc(Cl)c21. The number of rotatable bonds is 3. The normalized spacial score (nSPS) is 11.1. The Morgan fingerprint density at radius 3 is 2.87 bits per heavy atom. The van der Waals surface area contributed by atoms with Gasteiger partial charge in [0, 0.05) is 12.7 Å². The van der Waals surface area contributed by atoms with Crippen molar-refractivity contribution in [1.82, 2.24) is 14.5 Å². The third-order valence-electron chi connectivity index (χ3n) is 2.25. The Bertz CT molecular complexity index is 479. The molecule has 0 aliphatic rings. The predicted molar refractivity (Wildman–Crippen MR) is 62.4 cm³/mol. The highest BCUT2D eigenvalue weighted by Crippen LogP contribution is 2.24. The highest BCUT2D eigenvalue weighted by atomic mass is 35.5. The monoisotopic (exact) mass is 243 g/mol. The minimum atomic E-state index is 0.394. The number of halogens is 2. The van der Waals surface area contributed by atoms with Crippen LogP contribution in [0.2, 0.25) is 5.02 Å². The lowest BCUT2D eigenvalue weighted by atomic mass is 10.4. The van der Waals surface area contributed by atoms with E-state index in [9.17, 15) is 0 Å². The molecule has 0 aliphatic heterocycles. The number of hydrogen-bond acceptors (Lipinski definition) is 2. The number of aryl methyl sites for hydroxylation is 1. The van der Waals surface area contributed by atoms with Crippen LogP contribution < -0.4 is 0 Å². The maximum atomic E-state index is 6.10. The minimum absolute atomic E-state index is 0.394. The van der Waals surface area contributed by atoms with E-state index in [2.05, 4.69) is 21.5 Å². The van der Waals surface area contributed by atoms with Gasteiger partial charge in [-0.15, -0.1) is 11.6 Å². The van der Waals surface area contributed by atoms with Gasteiger partial charge in [-0.05, 0) is 6.42 Å². The molecule has 0 atom stereocenters. The maximum Gasteiger partial charge on any atom is 0.124 e. The zero-order valence-corrected chi connectivity index (χ0v) is 9.89. The van der Waals surface area contributed by atoms with Crippen molar-refractivity contribution in [2.24, 2.45) is 0 Å². The van der Waals surface area contributed by atoms with Crippen molar-refractivity contribution in [1.29, 1.82) is 0 Å². The molecule has 0 saturated heterocycles. The fraction of sp³-hybridized carbons (Fsp3) is 0.400. The van der Waals surface area contributed by atoms with Crippen LogP contribution >= 0.6 is 23.2 Å². The van der Waals surface area contributed by atoms with Gasteiger partial charge in [-0.25, -0.2) is 4.98 Å². The average molecular weight is 244 g/mol. The largest absolute Gasteiger partial charge is 0.326 e. The molecule has 0 aromatic carbocycles. The summed E-state index contributed by atoms with van der Waals surface area (Å²) in [5.74, 6) is 1.24. The van der Waals surface area contributed by atoms with E-state index >= 15 is 0 Å². The summed E-state index contributed by atoms with van der Waals surface area (Å²) >= 11 is 11.9. The average Bonchev–Trinajstić information content (AvgIpc) is 2.58. The van der Waals surface area contributed by atoms with Crippen molar-refractivity contribution < 1.29 is 0 Å². The van der Waals surface area contributed by atoms with Gasteiger partial charge in [0.25, 0.3) is 0 Å². The molecule has 0 bridgehead atoms. The number of aromatic nitrogens is 3. The number of hydrogen-bond donors (Lipinski definition) is 0. The standard InChI is InChI=1S/C10H11Cl2N3/c1-2-3-15-9(4-11)14-8-6-13-5-7(12)10(8)15/h5-6H,2-4H2,1H3. The van der Waals surface area contributed by atoms with Crippen LogP contribution in [0.25, 0.3) is 11.0 Å². The van der Waals surface area contributed by atoms with Gasteiger partial charge in [-0.3, -0.25) is 4.98 Å². The minimum Gasteiger partial charge on any atom is -0.326 e. The third kappa shape index (κ3) is 1.82. The summed E-state index contributed by atoms with van der Waals surface area (Å²) in [5.41, 5.74) is 1.75. The lowest BCUT2D eigenvalue weighted by Gasteiger charge is -2.05. The molecule has 0 saturated carbocycles. The molecule has 15 heavy (non-hydrogen) atoms. The van der Waals surface area contributed by atoms with Gasteiger partial charge in [-0.1, -0.05) is 18.5 Å². The Balaban J connectivity index is 2.70. The van der Waals surface area contributed by atoms with Crippen molar-refractivity contribution >= 4 is 34.2 Å². The number of imidazole rings is 1. The van der Waals surface area contributed by atoms with Crippen molar-refractivity contribution in [2.75, 3.05) is 0 Å². The van der Waals surface area contributed by atoms with E-state index in [4.69, 9.17) is 23.2 Å². The lowest BCUT2D eigenvalue weighted by molar-refractivity contribution is 0.672. The van der Waals surface area contributed by atoms with Gasteiger partial charge < -0.3 is 4.57 Å². The molecule has 0 unspecified atom stereocenters. The van der Waals surface area contributed by atoms with E-state index in [0.717, 1.165) is 29.8 Å². The fourth-order valence-corrected chi connectivity index (χ4v) is 2.12. The van der Waals surface area contributed by atoms with Gasteiger partial charge in [0.1, 0.15) is 11.3 Å². The molecule has 0 spiro atoms. The van der Waals surface area contributed by atoms with Crippen molar-refractivity contribution in [2.45, 2.75) is 25.8 Å². The van der Waals surface area contributed by atoms with Gasteiger partial charge in [0.05, 0.1) is 22.6 Å². The molecular weight excluding hydrogens is 233 g/mol. The summed E-state index contributed by atoms with van der Waals surface area (Å²) in [6.07, 6.45) is 4.37. The second-order valence-corrected chi connectivity index (χ2v) is 3.98. The van der Waals surface area contributed by atoms with Gasteiger partial charge in [-0.2, -0.15) is 0 Å². The Labute approximate surface area is 98.0 Å². The van der Waals surface area contributed by atoms with E-state index < -0.39 is 0 Å². The van der Waals surface area contributed by atoms with Crippen LogP contribution in [0.15, 0.2) is 12.4 Å². The topological polar surface area (TPSA) is 30.7 Å². The van der Waals surface area contributed by atoms with E-state index in [-0.39, 0.29) is 0 Å². The second kappa shape index (κ2) is 4.37. The van der Waals surface area contributed by atoms with Crippen LogP contribution in [0.3, 0.4) is 0 Å². The number of alkyl halides is 1. The number of fused-ring (bicyclic) bond motifs is 1. The zero-order chi connectivity index (χ0) is 10.8. The first-order valence-electron chi connectivity index (χ1n) is 4.82. The van der Waals surface area contributed by atoms with Crippen molar-refractivity contribution in [3.8, 4) is 0 Å². The fourth-order valence-electron chi connectivity index (χ4n) is 1.66. The number of nitrogens with zero attached hydrogens (tertiary/aromatic N) is 3. The Morgan fingerprint density at radius 1 is 1.40 bits per heavy atom. The molecule has 2 aromatic rings. The van der Waals surface area contributed by atoms with Crippen molar-refractivity contribution in [3.63, 3.8) is 0 Å². The van der Waals surface area contributed by atoms with Crippen LogP contribution in [0.4, 0.5) is 0 Å². The van der Waals surface area contributed by atoms with Gasteiger partial charge in [0.2, 0.25) is 0 Å². The maximum absolute atomic E-state index is 6.10. The van der Waals surface area contributed by atoms with Gasteiger partial charge >= 0.3 is 0 Å². The van der Waals surface area contributed by atoms with Crippen LogP contribution in [0.5, 0.6) is 0 Å². The van der Waals surface area contributed by atoms with Crippen LogP contribution in [-0.2, 0) is 12.4 Å². The van der Waals surface area contributed by atoms with Gasteiger partial charge in [0.15, 0.2) is 0 Å². The third-order valence-corrected chi connectivity index (χ3v) is 2.77. The summed E-state index contributed by atoms with van der Waals surface area (Å²) in [6, 6.07) is 0. The summed E-state index contributed by atoms with van der Waals surface area (Å²) in [6.45, 7) is 2.99. The Hall–Kier alpha value is -0.800. The molecular formula is C10H11Cl2N3. The smallest absolute Gasteiger partial charge is 0.124 e. The molecule has 80 valence electrons. The molecule has 5 heteroatoms. The summed E-state index contributed by atoms with van der Waals surface area (Å²) < 4.78 is 2.06. The van der Waals surface area contributed by atoms with E-state index in [1.165, 1.54) is 0 Å². The first kappa shape index (κ1) is 10.7. The first-order chi connectivity index (χ1) is 7.27. The Morgan fingerprint density at radius 2 is 2.20 bits per heavy atom. The summed E-state index contributed by atoms with van der Waals surface area (Å²) in [7, 11) is 0. The quantitative estimate of drug-likeness (QED) is 0.776. The number of pyridine rings is 1. The second-order valence-electron chi connectivity index (χ2n) is 3.30. The first-order valence-corrected chi connectivity index (χ1v) is 5.73.